The largest absolute Gasteiger partial charge is 0.397 e. The zero-order chi connectivity index (χ0) is 10.1. The predicted octanol–water partition coefficient (Wildman–Crippen LogP) is 2.61. The fourth-order valence-corrected chi connectivity index (χ4v) is 1.93. The van der Waals surface area contributed by atoms with Gasteiger partial charge in [-0.1, -0.05) is 23.8 Å². The molecule has 14 heavy (non-hydrogen) atoms. The molecule has 0 radical (unpaired) electrons. The molecule has 74 valence electrons. The Morgan fingerprint density at radius 2 is 1.93 bits per heavy atom. The van der Waals surface area contributed by atoms with Crippen LogP contribution in [-0.4, -0.2) is 13.1 Å². The molecule has 1 aromatic rings. The van der Waals surface area contributed by atoms with E-state index in [0.29, 0.717) is 0 Å². The van der Waals surface area contributed by atoms with Crippen molar-refractivity contribution in [2.45, 2.75) is 6.92 Å². The molecule has 0 aliphatic carbocycles. The normalized spacial score (nSPS) is 15.1. The number of nitrogens with two attached hydrogens (primary N) is 1. The summed E-state index contributed by atoms with van der Waals surface area (Å²) >= 11 is 6.06. The fourth-order valence-electron chi connectivity index (χ4n) is 1.78. The number of rotatable bonds is 1. The van der Waals surface area contributed by atoms with Crippen molar-refractivity contribution in [2.75, 3.05) is 23.7 Å². The quantitative estimate of drug-likeness (QED) is 0.568. The van der Waals surface area contributed by atoms with Crippen LogP contribution in [0.2, 0.25) is 5.02 Å². The van der Waals surface area contributed by atoms with Crippen LogP contribution in [0.3, 0.4) is 0 Å². The van der Waals surface area contributed by atoms with E-state index in [-0.39, 0.29) is 0 Å². The molecule has 2 N–H and O–H groups in total. The monoisotopic (exact) mass is 208 g/mol. The van der Waals surface area contributed by atoms with Crippen molar-refractivity contribution < 1.29 is 0 Å². The molecule has 1 heterocycles. The highest BCUT2D eigenvalue weighted by molar-refractivity contribution is 6.32. The van der Waals surface area contributed by atoms with Crippen LogP contribution in [-0.2, 0) is 0 Å². The molecule has 0 unspecified atom stereocenters. The molecule has 0 amide bonds. The van der Waals surface area contributed by atoms with Crippen molar-refractivity contribution in [3.63, 3.8) is 0 Å². The van der Waals surface area contributed by atoms with E-state index < -0.39 is 0 Å². The third kappa shape index (κ3) is 1.46. The minimum absolute atomic E-state index is 0.779. The highest BCUT2D eigenvalue weighted by Crippen LogP contribution is 2.33. The lowest BCUT2D eigenvalue weighted by molar-refractivity contribution is 1.000. The van der Waals surface area contributed by atoms with Crippen LogP contribution < -0.4 is 10.6 Å². The van der Waals surface area contributed by atoms with Crippen molar-refractivity contribution in [1.29, 1.82) is 0 Å². The van der Waals surface area contributed by atoms with E-state index in [9.17, 15) is 0 Å². The lowest BCUT2D eigenvalue weighted by Gasteiger charge is -2.22. The summed E-state index contributed by atoms with van der Waals surface area (Å²) in [7, 11) is 0. The van der Waals surface area contributed by atoms with Crippen LogP contribution in [0.5, 0.6) is 0 Å². The first-order valence-electron chi connectivity index (χ1n) is 4.64. The van der Waals surface area contributed by atoms with E-state index in [1.54, 1.807) is 0 Å². The highest BCUT2D eigenvalue weighted by Gasteiger charge is 2.14. The summed E-state index contributed by atoms with van der Waals surface area (Å²) in [5.74, 6) is 0. The first-order valence-corrected chi connectivity index (χ1v) is 5.02. The van der Waals surface area contributed by atoms with Gasteiger partial charge in [-0.15, -0.1) is 0 Å². The molecule has 0 saturated carbocycles. The zero-order valence-corrected chi connectivity index (χ0v) is 8.88. The van der Waals surface area contributed by atoms with Gasteiger partial charge in [-0.3, -0.25) is 0 Å². The molecule has 2 rings (SSSR count). The molecule has 0 aromatic heterocycles. The smallest absolute Gasteiger partial charge is 0.0650 e. The van der Waals surface area contributed by atoms with Crippen LogP contribution in [0.25, 0.3) is 0 Å². The summed E-state index contributed by atoms with van der Waals surface area (Å²) < 4.78 is 0. The summed E-state index contributed by atoms with van der Waals surface area (Å²) in [5, 5.41) is 0.779. The Kier molecular flexibility index (Phi) is 2.38. The van der Waals surface area contributed by atoms with Gasteiger partial charge in [0.25, 0.3) is 0 Å². The molecule has 1 aliphatic rings. The first-order chi connectivity index (χ1) is 6.70. The molecule has 0 atom stereocenters. The SMILES string of the molecule is Cc1c(Cl)ccc(N)c1N1CC=CC1. The number of nitrogens with zero attached hydrogens (tertiary/aromatic N) is 1. The second-order valence-electron chi connectivity index (χ2n) is 3.49. The number of halogens is 1. The number of benzene rings is 1. The second-order valence-corrected chi connectivity index (χ2v) is 3.89. The number of anilines is 2. The molecule has 0 fully saturated rings. The molecule has 0 saturated heterocycles. The Morgan fingerprint density at radius 3 is 2.57 bits per heavy atom. The Morgan fingerprint density at radius 1 is 1.29 bits per heavy atom. The molecule has 2 nitrogen and oxygen atoms in total. The minimum Gasteiger partial charge on any atom is -0.397 e. The maximum atomic E-state index is 6.06. The molecule has 0 bridgehead atoms. The van der Waals surface area contributed by atoms with Gasteiger partial charge in [0.1, 0.15) is 0 Å². The molecule has 0 spiro atoms. The maximum absolute atomic E-state index is 6.06. The van der Waals surface area contributed by atoms with E-state index in [1.807, 2.05) is 19.1 Å². The van der Waals surface area contributed by atoms with E-state index in [2.05, 4.69) is 17.1 Å². The minimum atomic E-state index is 0.779. The van der Waals surface area contributed by atoms with Crippen LogP contribution in [0.4, 0.5) is 11.4 Å². The van der Waals surface area contributed by atoms with Gasteiger partial charge in [0.15, 0.2) is 0 Å². The van der Waals surface area contributed by atoms with Crippen molar-refractivity contribution in [1.82, 2.24) is 0 Å². The van der Waals surface area contributed by atoms with Gasteiger partial charge < -0.3 is 10.6 Å². The van der Waals surface area contributed by atoms with Crippen molar-refractivity contribution in [3.05, 3.63) is 34.9 Å². The van der Waals surface area contributed by atoms with Crippen molar-refractivity contribution in [3.8, 4) is 0 Å². The number of hydrogen-bond acceptors (Lipinski definition) is 2. The number of nitrogen functional groups attached to an aromatic ring is 1. The van der Waals surface area contributed by atoms with Gasteiger partial charge in [-0.25, -0.2) is 0 Å². The third-order valence-corrected chi connectivity index (χ3v) is 2.94. The topological polar surface area (TPSA) is 29.3 Å². The summed E-state index contributed by atoms with van der Waals surface area (Å²) in [6.07, 6.45) is 4.28. The molecular weight excluding hydrogens is 196 g/mol. The summed E-state index contributed by atoms with van der Waals surface area (Å²) in [6.45, 7) is 3.85. The van der Waals surface area contributed by atoms with Gasteiger partial charge in [0, 0.05) is 18.1 Å². The number of hydrogen-bond donors (Lipinski definition) is 1. The Bertz CT molecular complexity index is 377. The van der Waals surface area contributed by atoms with E-state index in [1.165, 1.54) is 0 Å². The Balaban J connectivity index is 2.45. The van der Waals surface area contributed by atoms with Gasteiger partial charge in [0.05, 0.1) is 11.4 Å². The first kappa shape index (κ1) is 9.41. The van der Waals surface area contributed by atoms with Crippen LogP contribution in [0.1, 0.15) is 5.56 Å². The van der Waals surface area contributed by atoms with Crippen LogP contribution in [0.15, 0.2) is 24.3 Å². The maximum Gasteiger partial charge on any atom is 0.0650 e. The van der Waals surface area contributed by atoms with Crippen LogP contribution in [0, 0.1) is 6.92 Å². The average Bonchev–Trinajstić information content (AvgIpc) is 2.65. The molecule has 3 heteroatoms. The van der Waals surface area contributed by atoms with Crippen LogP contribution >= 0.6 is 11.6 Å². The van der Waals surface area contributed by atoms with Crippen molar-refractivity contribution >= 4 is 23.0 Å². The fraction of sp³-hybridized carbons (Fsp3) is 0.273. The average molecular weight is 209 g/mol. The molecular formula is C11H13ClN2. The van der Waals surface area contributed by atoms with Gasteiger partial charge in [0.2, 0.25) is 0 Å². The zero-order valence-electron chi connectivity index (χ0n) is 8.13. The van der Waals surface area contributed by atoms with Gasteiger partial charge in [-0.2, -0.15) is 0 Å². The standard InChI is InChI=1S/C11H13ClN2/c1-8-9(12)4-5-10(13)11(8)14-6-2-3-7-14/h2-5H,6-7,13H2,1H3. The summed E-state index contributed by atoms with van der Waals surface area (Å²) in [5.41, 5.74) is 8.88. The molecule has 1 aromatic carbocycles. The second kappa shape index (κ2) is 3.54. The van der Waals surface area contributed by atoms with E-state index >= 15 is 0 Å². The summed E-state index contributed by atoms with van der Waals surface area (Å²) in [6, 6.07) is 3.71. The Labute approximate surface area is 89.0 Å². The van der Waals surface area contributed by atoms with E-state index in [0.717, 1.165) is 35.1 Å². The van der Waals surface area contributed by atoms with Crippen molar-refractivity contribution in [2.24, 2.45) is 0 Å². The lowest BCUT2D eigenvalue weighted by atomic mass is 10.1. The van der Waals surface area contributed by atoms with Gasteiger partial charge in [-0.05, 0) is 24.6 Å². The molecule has 1 aliphatic heterocycles. The Hall–Kier alpha value is -1.15. The third-order valence-electron chi connectivity index (χ3n) is 2.53. The highest BCUT2D eigenvalue weighted by atomic mass is 35.5. The summed E-state index contributed by atoms with van der Waals surface area (Å²) in [4.78, 5) is 2.22. The van der Waals surface area contributed by atoms with E-state index in [4.69, 9.17) is 17.3 Å². The lowest BCUT2D eigenvalue weighted by Crippen LogP contribution is -2.21. The van der Waals surface area contributed by atoms with Gasteiger partial charge >= 0.3 is 0 Å². The predicted molar refractivity (Wildman–Crippen MR) is 62.0 cm³/mol.